The number of likely N-dealkylation sites (N-methyl/N-ethyl adjacent to an activating group) is 1. The Balaban J connectivity index is 2.35. The Morgan fingerprint density at radius 2 is 1.95 bits per heavy atom. The topological polar surface area (TPSA) is 65.4 Å². The van der Waals surface area contributed by atoms with Gasteiger partial charge in [0.25, 0.3) is 0 Å². The fourth-order valence-electron chi connectivity index (χ4n) is 1.82. The molecule has 0 aliphatic carbocycles. The van der Waals surface area contributed by atoms with Gasteiger partial charge in [-0.15, -0.1) is 0 Å². The average molecular weight is 275 g/mol. The smallest absolute Gasteiger partial charge is 0.236 e. The van der Waals surface area contributed by atoms with E-state index in [4.69, 9.17) is 10.00 Å². The second kappa shape index (κ2) is 8.94. The summed E-state index contributed by atoms with van der Waals surface area (Å²) < 4.78 is 5.17. The summed E-state index contributed by atoms with van der Waals surface area (Å²) in [6, 6.07) is 9.40. The Labute approximate surface area is 120 Å². The van der Waals surface area contributed by atoms with Crippen molar-refractivity contribution in [2.24, 2.45) is 0 Å². The molecule has 5 nitrogen and oxygen atoms in total. The van der Waals surface area contributed by atoms with Crippen molar-refractivity contribution in [1.82, 2.24) is 10.2 Å². The number of ether oxygens (including phenoxy) is 1. The molecule has 0 aliphatic heterocycles. The molecule has 0 fully saturated rings. The van der Waals surface area contributed by atoms with Gasteiger partial charge >= 0.3 is 0 Å². The number of hydrogen-bond acceptors (Lipinski definition) is 4. The maximum absolute atomic E-state index is 11.8. The van der Waals surface area contributed by atoms with Gasteiger partial charge in [0.05, 0.1) is 6.54 Å². The molecule has 0 radical (unpaired) electrons. The van der Waals surface area contributed by atoms with Gasteiger partial charge in [-0.3, -0.25) is 4.79 Å². The molecular weight excluding hydrogens is 254 g/mol. The lowest BCUT2D eigenvalue weighted by atomic mass is 10.2. The normalized spacial score (nSPS) is 9.85. The van der Waals surface area contributed by atoms with Gasteiger partial charge in [0, 0.05) is 19.6 Å². The van der Waals surface area contributed by atoms with Gasteiger partial charge in [0.15, 0.2) is 6.61 Å². The quantitative estimate of drug-likeness (QED) is 0.781. The van der Waals surface area contributed by atoms with Gasteiger partial charge in [0.1, 0.15) is 11.8 Å². The third-order valence-electron chi connectivity index (χ3n) is 2.95. The summed E-state index contributed by atoms with van der Waals surface area (Å²) in [6.07, 6.45) is 0. The summed E-state index contributed by atoms with van der Waals surface area (Å²) in [4.78, 5) is 13.6. The van der Waals surface area contributed by atoms with Gasteiger partial charge in [-0.25, -0.2) is 0 Å². The van der Waals surface area contributed by atoms with Crippen LogP contribution in [0, 0.1) is 11.3 Å². The summed E-state index contributed by atoms with van der Waals surface area (Å²) in [5, 5.41) is 11.5. The van der Waals surface area contributed by atoms with Crippen molar-refractivity contribution < 1.29 is 9.53 Å². The Morgan fingerprint density at radius 1 is 1.30 bits per heavy atom. The van der Waals surface area contributed by atoms with Crippen molar-refractivity contribution >= 4 is 5.91 Å². The molecule has 5 heteroatoms. The minimum absolute atomic E-state index is 0.0516. The molecule has 1 aromatic carbocycles. The summed E-state index contributed by atoms with van der Waals surface area (Å²) >= 11 is 0. The summed E-state index contributed by atoms with van der Waals surface area (Å²) in [5.74, 6) is 0.790. The molecule has 0 aliphatic rings. The van der Waals surface area contributed by atoms with Crippen LogP contribution in [0.3, 0.4) is 0 Å². The molecule has 0 saturated heterocycles. The number of carbonyl (C=O) groups excluding carboxylic acids is 1. The van der Waals surface area contributed by atoms with Gasteiger partial charge < -0.3 is 15.0 Å². The summed E-state index contributed by atoms with van der Waals surface area (Å²) in [6.45, 7) is 6.45. The Kier molecular flexibility index (Phi) is 7.15. The molecule has 0 unspecified atom stereocenters. The number of amides is 1. The van der Waals surface area contributed by atoms with Gasteiger partial charge in [-0.05, 0) is 31.5 Å². The van der Waals surface area contributed by atoms with E-state index in [0.717, 1.165) is 18.7 Å². The molecule has 0 aromatic heterocycles. The SMILES string of the molecule is CCN(CC)C(=O)CNCc1ccc(OCC#N)cc1. The first-order valence-electron chi connectivity index (χ1n) is 6.78. The van der Waals surface area contributed by atoms with Crippen molar-refractivity contribution in [3.8, 4) is 11.8 Å². The predicted octanol–water partition coefficient (Wildman–Crippen LogP) is 1.55. The second-order valence-electron chi connectivity index (χ2n) is 4.26. The van der Waals surface area contributed by atoms with E-state index in [-0.39, 0.29) is 12.5 Å². The zero-order chi connectivity index (χ0) is 14.8. The molecule has 0 heterocycles. The van der Waals surface area contributed by atoms with Crippen LogP contribution in [0.25, 0.3) is 0 Å². The van der Waals surface area contributed by atoms with Gasteiger partial charge in [-0.2, -0.15) is 5.26 Å². The van der Waals surface area contributed by atoms with Crippen LogP contribution in [0.15, 0.2) is 24.3 Å². The molecule has 1 aromatic rings. The van der Waals surface area contributed by atoms with E-state index in [1.807, 2.05) is 44.2 Å². The zero-order valence-electron chi connectivity index (χ0n) is 12.1. The summed E-state index contributed by atoms with van der Waals surface area (Å²) in [7, 11) is 0. The van der Waals surface area contributed by atoms with Crippen LogP contribution in [0.1, 0.15) is 19.4 Å². The minimum atomic E-state index is 0.0516. The highest BCUT2D eigenvalue weighted by atomic mass is 16.5. The lowest BCUT2D eigenvalue weighted by Gasteiger charge is -2.18. The average Bonchev–Trinajstić information content (AvgIpc) is 2.47. The van der Waals surface area contributed by atoms with Crippen molar-refractivity contribution in [2.45, 2.75) is 20.4 Å². The monoisotopic (exact) mass is 275 g/mol. The van der Waals surface area contributed by atoms with Crippen LogP contribution < -0.4 is 10.1 Å². The number of carbonyl (C=O) groups is 1. The number of benzene rings is 1. The Morgan fingerprint density at radius 3 is 2.50 bits per heavy atom. The van der Waals surface area contributed by atoms with E-state index >= 15 is 0 Å². The number of nitrogens with one attached hydrogen (secondary N) is 1. The largest absolute Gasteiger partial charge is 0.479 e. The lowest BCUT2D eigenvalue weighted by Crippen LogP contribution is -2.37. The molecule has 0 bridgehead atoms. The van der Waals surface area contributed by atoms with Crippen LogP contribution in [-0.2, 0) is 11.3 Å². The van der Waals surface area contributed by atoms with Crippen molar-refractivity contribution in [3.05, 3.63) is 29.8 Å². The molecule has 1 rings (SSSR count). The maximum Gasteiger partial charge on any atom is 0.236 e. The Bertz CT molecular complexity index is 447. The first-order chi connectivity index (χ1) is 9.71. The van der Waals surface area contributed by atoms with Crippen LogP contribution in [0.4, 0.5) is 0 Å². The number of nitriles is 1. The Hall–Kier alpha value is -2.06. The molecule has 0 saturated carbocycles. The predicted molar refractivity (Wildman–Crippen MR) is 77.2 cm³/mol. The molecule has 1 N–H and O–H groups in total. The van der Waals surface area contributed by atoms with Crippen molar-refractivity contribution in [1.29, 1.82) is 5.26 Å². The minimum Gasteiger partial charge on any atom is -0.479 e. The van der Waals surface area contributed by atoms with Gasteiger partial charge in [-0.1, -0.05) is 12.1 Å². The fourth-order valence-corrected chi connectivity index (χ4v) is 1.82. The number of hydrogen-bond donors (Lipinski definition) is 1. The maximum atomic E-state index is 11.8. The van der Waals surface area contributed by atoms with Crippen LogP contribution in [-0.4, -0.2) is 37.0 Å². The second-order valence-corrected chi connectivity index (χ2v) is 4.26. The van der Waals surface area contributed by atoms with E-state index in [1.165, 1.54) is 0 Å². The highest BCUT2D eigenvalue weighted by Gasteiger charge is 2.08. The van der Waals surface area contributed by atoms with Crippen molar-refractivity contribution in [3.63, 3.8) is 0 Å². The third-order valence-corrected chi connectivity index (χ3v) is 2.95. The zero-order valence-corrected chi connectivity index (χ0v) is 12.1. The fraction of sp³-hybridized carbons (Fsp3) is 0.467. The van der Waals surface area contributed by atoms with Crippen molar-refractivity contribution in [2.75, 3.05) is 26.2 Å². The first kappa shape index (κ1) is 16.0. The van der Waals surface area contributed by atoms with Gasteiger partial charge in [0.2, 0.25) is 5.91 Å². The molecule has 1 amide bonds. The van der Waals surface area contributed by atoms with Crippen LogP contribution in [0.2, 0.25) is 0 Å². The molecule has 108 valence electrons. The van der Waals surface area contributed by atoms with E-state index in [2.05, 4.69) is 5.32 Å². The standard InChI is InChI=1S/C15H21N3O2/c1-3-18(4-2)15(19)12-17-11-13-5-7-14(8-6-13)20-10-9-16/h5-8,17H,3-4,10-12H2,1-2H3. The van der Waals surface area contributed by atoms with E-state index in [9.17, 15) is 4.79 Å². The number of nitrogens with zero attached hydrogens (tertiary/aromatic N) is 2. The van der Waals surface area contributed by atoms with E-state index in [1.54, 1.807) is 4.90 Å². The highest BCUT2D eigenvalue weighted by molar-refractivity contribution is 5.78. The summed E-state index contributed by atoms with van der Waals surface area (Å²) in [5.41, 5.74) is 1.07. The molecular formula is C15H21N3O2. The van der Waals surface area contributed by atoms with Crippen LogP contribution >= 0.6 is 0 Å². The van der Waals surface area contributed by atoms with Crippen LogP contribution in [0.5, 0.6) is 5.75 Å². The third kappa shape index (κ3) is 5.29. The highest BCUT2D eigenvalue weighted by Crippen LogP contribution is 2.11. The first-order valence-corrected chi connectivity index (χ1v) is 6.78. The molecule has 0 spiro atoms. The molecule has 20 heavy (non-hydrogen) atoms. The van der Waals surface area contributed by atoms with E-state index < -0.39 is 0 Å². The lowest BCUT2D eigenvalue weighted by molar-refractivity contribution is -0.129. The van der Waals surface area contributed by atoms with E-state index in [0.29, 0.717) is 18.8 Å². The molecule has 0 atom stereocenters. The number of rotatable bonds is 8.